The molecule has 2 fully saturated rings. The van der Waals surface area contributed by atoms with Crippen LogP contribution in [0.15, 0.2) is 0 Å². The van der Waals surface area contributed by atoms with Crippen molar-refractivity contribution >= 4 is 11.9 Å². The molecule has 96 valence electrons. The topological polar surface area (TPSA) is 49.4 Å². The fourth-order valence-electron chi connectivity index (χ4n) is 2.86. The van der Waals surface area contributed by atoms with Crippen LogP contribution in [-0.4, -0.2) is 28.9 Å². The van der Waals surface area contributed by atoms with Crippen LogP contribution in [0.1, 0.15) is 52.4 Å². The lowest BCUT2D eigenvalue weighted by Crippen LogP contribution is -2.42. The quantitative estimate of drug-likeness (QED) is 0.767. The summed E-state index contributed by atoms with van der Waals surface area (Å²) in [6.07, 6.45) is 6.21. The first-order chi connectivity index (χ1) is 8.09. The van der Waals surface area contributed by atoms with Gasteiger partial charge in [0.05, 0.1) is 0 Å². The zero-order chi connectivity index (χ0) is 12.4. The minimum Gasteiger partial charge on any atom is -0.326 e. The molecule has 0 radical (unpaired) electrons. The van der Waals surface area contributed by atoms with E-state index in [1.165, 1.54) is 11.3 Å². The Balaban J connectivity index is 2.02. The molecule has 1 aliphatic carbocycles. The zero-order valence-corrected chi connectivity index (χ0v) is 10.7. The van der Waals surface area contributed by atoms with Gasteiger partial charge in [-0.05, 0) is 25.2 Å². The summed E-state index contributed by atoms with van der Waals surface area (Å²) in [5, 5.41) is 2.82. The minimum atomic E-state index is -0.288. The maximum atomic E-state index is 12.2. The third-order valence-corrected chi connectivity index (χ3v) is 3.70. The molecule has 0 bridgehead atoms. The summed E-state index contributed by atoms with van der Waals surface area (Å²) in [6, 6.07) is -0.314. The molecule has 1 atom stereocenters. The van der Waals surface area contributed by atoms with Crippen LogP contribution >= 0.6 is 0 Å². The number of hydrogen-bond donors (Lipinski definition) is 1. The second-order valence-electron chi connectivity index (χ2n) is 5.63. The van der Waals surface area contributed by atoms with E-state index in [0.717, 1.165) is 32.1 Å². The second-order valence-corrected chi connectivity index (χ2v) is 5.63. The van der Waals surface area contributed by atoms with Crippen LogP contribution < -0.4 is 5.32 Å². The van der Waals surface area contributed by atoms with Crippen molar-refractivity contribution in [1.82, 2.24) is 10.2 Å². The Hall–Kier alpha value is -1.06. The predicted molar refractivity (Wildman–Crippen MR) is 65.5 cm³/mol. The molecule has 4 heteroatoms. The molecule has 17 heavy (non-hydrogen) atoms. The third kappa shape index (κ3) is 2.61. The van der Waals surface area contributed by atoms with Crippen molar-refractivity contribution in [3.8, 4) is 0 Å². The molecule has 3 amide bonds. The van der Waals surface area contributed by atoms with Crippen LogP contribution in [0.25, 0.3) is 0 Å². The van der Waals surface area contributed by atoms with Crippen molar-refractivity contribution in [2.24, 2.45) is 5.92 Å². The maximum absolute atomic E-state index is 12.2. The van der Waals surface area contributed by atoms with Gasteiger partial charge >= 0.3 is 6.03 Å². The number of urea groups is 1. The predicted octanol–water partition coefficient (Wildman–Crippen LogP) is 2.29. The lowest BCUT2D eigenvalue weighted by molar-refractivity contribution is -0.129. The molecule has 0 aromatic rings. The molecule has 1 saturated carbocycles. The van der Waals surface area contributed by atoms with Gasteiger partial charge in [0.15, 0.2) is 0 Å². The van der Waals surface area contributed by atoms with E-state index < -0.39 is 0 Å². The molecule has 0 aromatic heterocycles. The van der Waals surface area contributed by atoms with Crippen LogP contribution in [0.2, 0.25) is 0 Å². The Labute approximate surface area is 103 Å². The Morgan fingerprint density at radius 3 is 2.47 bits per heavy atom. The first-order valence-electron chi connectivity index (χ1n) is 6.73. The van der Waals surface area contributed by atoms with Crippen LogP contribution in [0.3, 0.4) is 0 Å². The highest BCUT2D eigenvalue weighted by Gasteiger charge is 2.41. The smallest absolute Gasteiger partial charge is 0.325 e. The summed E-state index contributed by atoms with van der Waals surface area (Å²) >= 11 is 0. The highest BCUT2D eigenvalue weighted by atomic mass is 16.2. The van der Waals surface area contributed by atoms with E-state index in [0.29, 0.717) is 5.92 Å². The average Bonchev–Trinajstić information content (AvgIpc) is 2.54. The van der Waals surface area contributed by atoms with Gasteiger partial charge in [-0.25, -0.2) is 4.79 Å². The monoisotopic (exact) mass is 238 g/mol. The van der Waals surface area contributed by atoms with Gasteiger partial charge in [-0.3, -0.25) is 9.69 Å². The lowest BCUT2D eigenvalue weighted by Gasteiger charge is -2.28. The summed E-state index contributed by atoms with van der Waals surface area (Å²) in [5.74, 6) is 0.422. The molecule has 1 heterocycles. The number of nitrogens with zero attached hydrogens (tertiary/aromatic N) is 1. The zero-order valence-electron chi connectivity index (χ0n) is 10.7. The number of imide groups is 1. The fourth-order valence-corrected chi connectivity index (χ4v) is 2.86. The Bertz CT molecular complexity index is 309. The molecular formula is C13H22N2O2. The molecule has 1 aliphatic heterocycles. The van der Waals surface area contributed by atoms with E-state index >= 15 is 0 Å². The lowest BCUT2D eigenvalue weighted by atomic mass is 9.94. The highest BCUT2D eigenvalue weighted by molar-refractivity contribution is 6.04. The van der Waals surface area contributed by atoms with E-state index in [4.69, 9.17) is 0 Å². The van der Waals surface area contributed by atoms with Crippen molar-refractivity contribution in [1.29, 1.82) is 0 Å². The molecule has 4 nitrogen and oxygen atoms in total. The van der Waals surface area contributed by atoms with Gasteiger partial charge in [-0.1, -0.05) is 33.1 Å². The largest absolute Gasteiger partial charge is 0.326 e. The Kier molecular flexibility index (Phi) is 3.69. The first kappa shape index (κ1) is 12.4. The molecule has 0 spiro atoms. The van der Waals surface area contributed by atoms with Crippen molar-refractivity contribution < 1.29 is 9.59 Å². The fraction of sp³-hybridized carbons (Fsp3) is 0.846. The van der Waals surface area contributed by atoms with E-state index in [1.54, 1.807) is 0 Å². The Morgan fingerprint density at radius 2 is 1.88 bits per heavy atom. The SMILES string of the molecule is CC(C)CC1NC(=O)N(C2CCCCC2)C1=O. The third-order valence-electron chi connectivity index (χ3n) is 3.70. The van der Waals surface area contributed by atoms with Gasteiger partial charge in [0, 0.05) is 6.04 Å². The van der Waals surface area contributed by atoms with Gasteiger partial charge in [0.1, 0.15) is 6.04 Å². The minimum absolute atomic E-state index is 0.00407. The van der Waals surface area contributed by atoms with Crippen molar-refractivity contribution in [3.63, 3.8) is 0 Å². The van der Waals surface area contributed by atoms with Gasteiger partial charge in [-0.15, -0.1) is 0 Å². The van der Waals surface area contributed by atoms with Crippen LogP contribution in [0, 0.1) is 5.92 Å². The summed E-state index contributed by atoms with van der Waals surface area (Å²) < 4.78 is 0. The van der Waals surface area contributed by atoms with E-state index in [1.807, 2.05) is 0 Å². The first-order valence-corrected chi connectivity index (χ1v) is 6.73. The average molecular weight is 238 g/mol. The molecule has 0 aromatic carbocycles. The van der Waals surface area contributed by atoms with Crippen LogP contribution in [0.5, 0.6) is 0 Å². The summed E-state index contributed by atoms with van der Waals surface area (Å²) in [4.78, 5) is 25.6. The van der Waals surface area contributed by atoms with Gasteiger partial charge in [0.2, 0.25) is 0 Å². The van der Waals surface area contributed by atoms with E-state index in [9.17, 15) is 9.59 Å². The Morgan fingerprint density at radius 1 is 1.24 bits per heavy atom. The van der Waals surface area contributed by atoms with E-state index in [-0.39, 0.29) is 24.0 Å². The highest BCUT2D eigenvalue weighted by Crippen LogP contribution is 2.26. The molecule has 1 saturated heterocycles. The van der Waals surface area contributed by atoms with Crippen molar-refractivity contribution in [2.45, 2.75) is 64.5 Å². The maximum Gasteiger partial charge on any atom is 0.325 e. The van der Waals surface area contributed by atoms with Crippen molar-refractivity contribution in [2.75, 3.05) is 0 Å². The molecule has 1 N–H and O–H groups in total. The number of nitrogens with one attached hydrogen (secondary N) is 1. The molecule has 2 rings (SSSR count). The number of rotatable bonds is 3. The number of amides is 3. The normalized spacial score (nSPS) is 26.8. The summed E-state index contributed by atoms with van der Waals surface area (Å²) in [5.41, 5.74) is 0. The molecule has 2 aliphatic rings. The van der Waals surface area contributed by atoms with E-state index in [2.05, 4.69) is 19.2 Å². The van der Waals surface area contributed by atoms with Gasteiger partial charge in [-0.2, -0.15) is 0 Å². The number of carbonyl (C=O) groups is 2. The standard InChI is InChI=1S/C13H22N2O2/c1-9(2)8-11-12(16)15(13(17)14-11)10-6-4-3-5-7-10/h9-11H,3-8H2,1-2H3,(H,14,17). The summed E-state index contributed by atoms with van der Waals surface area (Å²) in [7, 11) is 0. The second kappa shape index (κ2) is 5.07. The van der Waals surface area contributed by atoms with Crippen LogP contribution in [0.4, 0.5) is 4.79 Å². The van der Waals surface area contributed by atoms with Crippen molar-refractivity contribution in [3.05, 3.63) is 0 Å². The molecular weight excluding hydrogens is 216 g/mol. The number of hydrogen-bond acceptors (Lipinski definition) is 2. The van der Waals surface area contributed by atoms with Gasteiger partial charge < -0.3 is 5.32 Å². The molecule has 1 unspecified atom stereocenters. The van der Waals surface area contributed by atoms with Crippen LogP contribution in [-0.2, 0) is 4.79 Å². The summed E-state index contributed by atoms with van der Waals surface area (Å²) in [6.45, 7) is 4.14. The number of carbonyl (C=O) groups excluding carboxylic acids is 2. The van der Waals surface area contributed by atoms with Gasteiger partial charge in [0.25, 0.3) is 5.91 Å².